The van der Waals surface area contributed by atoms with Crippen LogP contribution < -0.4 is 0 Å². The van der Waals surface area contributed by atoms with Crippen LogP contribution in [0.15, 0.2) is 24.3 Å². The van der Waals surface area contributed by atoms with Gasteiger partial charge in [0.15, 0.2) is 0 Å². The van der Waals surface area contributed by atoms with Gasteiger partial charge in [0.2, 0.25) is 5.91 Å². The molecule has 1 N–H and O–H groups in total. The summed E-state index contributed by atoms with van der Waals surface area (Å²) in [5.41, 5.74) is 0.966. The minimum absolute atomic E-state index is 0.155. The lowest BCUT2D eigenvalue weighted by Crippen LogP contribution is -2.41. The largest absolute Gasteiger partial charge is 0.465 e. The number of aliphatic hydroxyl groups is 1. The van der Waals surface area contributed by atoms with Crippen LogP contribution in [0, 0.1) is 5.92 Å². The molecule has 0 aliphatic carbocycles. The zero-order chi connectivity index (χ0) is 21.4. The number of methoxy groups -OCH3 is 1. The number of hydrazine groups is 1. The number of ether oxygens (including phenoxy) is 1. The second-order valence-corrected chi connectivity index (χ2v) is 8.69. The molecule has 1 fully saturated rings. The van der Waals surface area contributed by atoms with Crippen molar-refractivity contribution >= 4 is 11.9 Å². The number of carbonyl (C=O) groups is 2. The Morgan fingerprint density at radius 3 is 2.52 bits per heavy atom. The molecule has 1 unspecified atom stereocenters. The first kappa shape index (κ1) is 23.4. The summed E-state index contributed by atoms with van der Waals surface area (Å²) in [5.74, 6) is 0.402. The van der Waals surface area contributed by atoms with Crippen molar-refractivity contribution in [2.24, 2.45) is 5.92 Å². The molecule has 6 nitrogen and oxygen atoms in total. The number of rotatable bonds is 11. The number of nitrogens with zero attached hydrogens (tertiary/aromatic N) is 2. The molecular formula is C23H36N2O4. The molecule has 2 rings (SSSR count). The Hall–Kier alpha value is -1.92. The van der Waals surface area contributed by atoms with Gasteiger partial charge in [-0.3, -0.25) is 9.80 Å². The molecule has 29 heavy (non-hydrogen) atoms. The van der Waals surface area contributed by atoms with E-state index in [9.17, 15) is 14.7 Å². The first-order valence-electron chi connectivity index (χ1n) is 10.7. The van der Waals surface area contributed by atoms with Gasteiger partial charge >= 0.3 is 5.97 Å². The lowest BCUT2D eigenvalue weighted by Gasteiger charge is -2.30. The van der Waals surface area contributed by atoms with E-state index in [0.29, 0.717) is 24.4 Å². The van der Waals surface area contributed by atoms with E-state index >= 15 is 0 Å². The number of amides is 1. The van der Waals surface area contributed by atoms with E-state index in [2.05, 4.69) is 18.9 Å². The fourth-order valence-corrected chi connectivity index (χ4v) is 3.66. The highest BCUT2D eigenvalue weighted by atomic mass is 16.5. The zero-order valence-electron chi connectivity index (χ0n) is 18.3. The summed E-state index contributed by atoms with van der Waals surface area (Å²) in [6, 6.07) is 7.32. The van der Waals surface area contributed by atoms with Crippen molar-refractivity contribution < 1.29 is 19.4 Å². The Labute approximate surface area is 174 Å². The van der Waals surface area contributed by atoms with Crippen molar-refractivity contribution in [3.8, 4) is 0 Å². The van der Waals surface area contributed by atoms with E-state index in [4.69, 9.17) is 4.74 Å². The van der Waals surface area contributed by atoms with E-state index in [1.54, 1.807) is 12.1 Å². The second kappa shape index (κ2) is 10.7. The maximum absolute atomic E-state index is 12.3. The topological polar surface area (TPSA) is 70.1 Å². The molecule has 0 spiro atoms. The van der Waals surface area contributed by atoms with E-state index in [-0.39, 0.29) is 11.9 Å². The van der Waals surface area contributed by atoms with Crippen LogP contribution in [0.3, 0.4) is 0 Å². The molecule has 0 saturated carbocycles. The third-order valence-electron chi connectivity index (χ3n) is 5.59. The standard InChI is InChI=1S/C23H36N2O4/c1-18(2)10-14-23(3,28)13-5-15-24-16-12-21(26)25(24)17-11-19-6-8-20(9-7-19)22(27)29-4/h6-9,18,28H,5,10-17H2,1-4H3. The van der Waals surface area contributed by atoms with Crippen LogP contribution in [0.25, 0.3) is 0 Å². The molecule has 1 aromatic carbocycles. The molecule has 1 saturated heterocycles. The Bertz CT molecular complexity index is 670. The smallest absolute Gasteiger partial charge is 0.337 e. The van der Waals surface area contributed by atoms with Crippen LogP contribution in [-0.2, 0) is 16.0 Å². The van der Waals surface area contributed by atoms with E-state index in [1.807, 2.05) is 24.1 Å². The van der Waals surface area contributed by atoms with E-state index in [1.165, 1.54) is 7.11 Å². The van der Waals surface area contributed by atoms with Crippen LogP contribution in [-0.4, -0.2) is 59.3 Å². The highest BCUT2D eigenvalue weighted by molar-refractivity contribution is 5.89. The Kier molecular flexibility index (Phi) is 8.65. The van der Waals surface area contributed by atoms with Crippen molar-refractivity contribution in [1.29, 1.82) is 0 Å². The Morgan fingerprint density at radius 1 is 1.21 bits per heavy atom. The SMILES string of the molecule is COC(=O)c1ccc(CCN2C(=O)CCN2CCCC(C)(O)CCC(C)C)cc1. The molecular weight excluding hydrogens is 368 g/mol. The number of benzene rings is 1. The molecule has 1 heterocycles. The molecule has 1 aliphatic heterocycles. The van der Waals surface area contributed by atoms with Gasteiger partial charge in [-0.25, -0.2) is 9.80 Å². The lowest BCUT2D eigenvalue weighted by molar-refractivity contribution is -0.138. The molecule has 0 radical (unpaired) electrons. The van der Waals surface area contributed by atoms with Gasteiger partial charge in [0, 0.05) is 26.1 Å². The van der Waals surface area contributed by atoms with Gasteiger partial charge in [-0.15, -0.1) is 0 Å². The fraction of sp³-hybridized carbons (Fsp3) is 0.652. The second-order valence-electron chi connectivity index (χ2n) is 8.69. The average Bonchev–Trinajstić information content (AvgIpc) is 3.04. The Balaban J connectivity index is 1.81. The predicted octanol–water partition coefficient (Wildman–Crippen LogP) is 3.43. The number of esters is 1. The molecule has 162 valence electrons. The van der Waals surface area contributed by atoms with Crippen LogP contribution in [0.4, 0.5) is 0 Å². The van der Waals surface area contributed by atoms with Crippen molar-refractivity contribution in [3.63, 3.8) is 0 Å². The third kappa shape index (κ3) is 7.44. The minimum atomic E-state index is -0.639. The maximum Gasteiger partial charge on any atom is 0.337 e. The van der Waals surface area contributed by atoms with Gasteiger partial charge in [-0.05, 0) is 62.6 Å². The van der Waals surface area contributed by atoms with E-state index in [0.717, 1.165) is 50.8 Å². The van der Waals surface area contributed by atoms with Crippen LogP contribution in [0.1, 0.15) is 68.8 Å². The predicted molar refractivity (Wildman–Crippen MR) is 113 cm³/mol. The van der Waals surface area contributed by atoms with E-state index < -0.39 is 5.60 Å². The van der Waals surface area contributed by atoms with Gasteiger partial charge < -0.3 is 9.84 Å². The van der Waals surface area contributed by atoms with Gasteiger partial charge in [-0.2, -0.15) is 0 Å². The first-order chi connectivity index (χ1) is 13.7. The molecule has 0 bridgehead atoms. The molecule has 0 aromatic heterocycles. The van der Waals surface area contributed by atoms with Crippen LogP contribution in [0.2, 0.25) is 0 Å². The lowest BCUT2D eigenvalue weighted by atomic mass is 9.91. The normalized spacial score (nSPS) is 17.0. The van der Waals surface area contributed by atoms with Crippen molar-refractivity contribution in [1.82, 2.24) is 10.0 Å². The minimum Gasteiger partial charge on any atom is -0.465 e. The van der Waals surface area contributed by atoms with Gasteiger partial charge in [0.05, 0.1) is 18.3 Å². The average molecular weight is 405 g/mol. The monoisotopic (exact) mass is 404 g/mol. The first-order valence-corrected chi connectivity index (χ1v) is 10.7. The zero-order valence-corrected chi connectivity index (χ0v) is 18.3. The van der Waals surface area contributed by atoms with Crippen molar-refractivity contribution in [2.75, 3.05) is 26.7 Å². The van der Waals surface area contributed by atoms with Gasteiger partial charge in [0.1, 0.15) is 0 Å². The summed E-state index contributed by atoms with van der Waals surface area (Å²) < 4.78 is 4.72. The summed E-state index contributed by atoms with van der Waals surface area (Å²) >= 11 is 0. The number of hydrogen-bond acceptors (Lipinski definition) is 5. The molecule has 6 heteroatoms. The third-order valence-corrected chi connectivity index (χ3v) is 5.59. The molecule has 1 aliphatic rings. The highest BCUT2D eigenvalue weighted by Crippen LogP contribution is 2.23. The molecule has 1 atom stereocenters. The van der Waals surface area contributed by atoms with Crippen LogP contribution >= 0.6 is 0 Å². The summed E-state index contributed by atoms with van der Waals surface area (Å²) in [4.78, 5) is 23.8. The summed E-state index contributed by atoms with van der Waals surface area (Å²) in [6.07, 6.45) is 4.72. The summed E-state index contributed by atoms with van der Waals surface area (Å²) in [5, 5.41) is 14.5. The van der Waals surface area contributed by atoms with Gasteiger partial charge in [0.25, 0.3) is 0 Å². The highest BCUT2D eigenvalue weighted by Gasteiger charge is 2.29. The van der Waals surface area contributed by atoms with Gasteiger partial charge in [-0.1, -0.05) is 26.0 Å². The number of carbonyl (C=O) groups excluding carboxylic acids is 2. The quantitative estimate of drug-likeness (QED) is 0.572. The maximum atomic E-state index is 12.3. The molecule has 1 aromatic rings. The Morgan fingerprint density at radius 2 is 1.90 bits per heavy atom. The fourth-order valence-electron chi connectivity index (χ4n) is 3.66. The van der Waals surface area contributed by atoms with Crippen LogP contribution in [0.5, 0.6) is 0 Å². The number of hydrogen-bond donors (Lipinski definition) is 1. The summed E-state index contributed by atoms with van der Waals surface area (Å²) in [6.45, 7) is 8.42. The summed E-state index contributed by atoms with van der Waals surface area (Å²) in [7, 11) is 1.37. The molecule has 1 amide bonds. The van der Waals surface area contributed by atoms with Crippen molar-refractivity contribution in [3.05, 3.63) is 35.4 Å². The van der Waals surface area contributed by atoms with Crippen molar-refractivity contribution in [2.45, 2.75) is 64.9 Å².